The summed E-state index contributed by atoms with van der Waals surface area (Å²) < 4.78 is 35.4. The van der Waals surface area contributed by atoms with E-state index in [9.17, 15) is 14.0 Å². The molecule has 1 aliphatic carbocycles. The van der Waals surface area contributed by atoms with Crippen molar-refractivity contribution in [2.45, 2.75) is 51.9 Å². The number of hydrogen-bond acceptors (Lipinski definition) is 5. The molecule has 2 heterocycles. The molecule has 2 fully saturated rings. The SMILES string of the molecule is Cc1c(N2CC(C(C)C)C(C)(N)C2)c(F)cc2c(=O)c(OC(=O)O)cn([C@@H]3C[C@@H]3F)c12. The number of pyridine rings is 1. The molecule has 2 unspecified atom stereocenters. The van der Waals surface area contributed by atoms with E-state index >= 15 is 4.39 Å². The minimum Gasteiger partial charge on any atom is -0.449 e. The van der Waals surface area contributed by atoms with Gasteiger partial charge in [-0.1, -0.05) is 13.8 Å². The smallest absolute Gasteiger partial charge is 0.449 e. The van der Waals surface area contributed by atoms with Crippen LogP contribution in [0.1, 0.15) is 38.8 Å². The number of nitrogens with zero attached hydrogens (tertiary/aromatic N) is 2. The van der Waals surface area contributed by atoms with Gasteiger partial charge in [-0.2, -0.15) is 0 Å². The van der Waals surface area contributed by atoms with Crippen molar-refractivity contribution in [2.75, 3.05) is 18.0 Å². The molecule has 2 aromatic rings. The number of alkyl halides is 1. The molecule has 3 N–H and O–H groups in total. The standard InChI is InChI=1S/C22H27F2N3O4/c1-10(2)13-7-26(9-22(13,4)25)19-11(3)18-12(5-15(19)24)20(28)17(31-21(29)30)8-27(18)16-6-14(16)23/h5,8,10,13-14,16H,6-7,9,25H2,1-4H3,(H,29,30)/t13?,14-,16+,22?/m0/s1. The van der Waals surface area contributed by atoms with Crippen molar-refractivity contribution in [1.82, 2.24) is 4.57 Å². The Balaban J connectivity index is 1.92. The Morgan fingerprint density at radius 2 is 2.06 bits per heavy atom. The van der Waals surface area contributed by atoms with Gasteiger partial charge in [0.25, 0.3) is 0 Å². The van der Waals surface area contributed by atoms with Gasteiger partial charge in [0.1, 0.15) is 12.0 Å². The van der Waals surface area contributed by atoms with E-state index < -0.39 is 40.9 Å². The van der Waals surface area contributed by atoms with Crippen LogP contribution in [0.3, 0.4) is 0 Å². The topological polar surface area (TPSA) is 97.8 Å². The van der Waals surface area contributed by atoms with Crippen molar-refractivity contribution in [1.29, 1.82) is 0 Å². The second kappa shape index (κ2) is 7.19. The van der Waals surface area contributed by atoms with Gasteiger partial charge in [0.2, 0.25) is 5.43 Å². The van der Waals surface area contributed by atoms with Gasteiger partial charge in [-0.05, 0) is 37.3 Å². The van der Waals surface area contributed by atoms with Gasteiger partial charge >= 0.3 is 6.16 Å². The Bertz CT molecular complexity index is 1130. The van der Waals surface area contributed by atoms with Crippen LogP contribution in [-0.2, 0) is 0 Å². The zero-order valence-corrected chi connectivity index (χ0v) is 18.0. The molecule has 4 rings (SSSR count). The summed E-state index contributed by atoms with van der Waals surface area (Å²) in [5, 5.41) is 8.90. The summed E-state index contributed by atoms with van der Waals surface area (Å²) >= 11 is 0. The molecule has 1 aromatic carbocycles. The Morgan fingerprint density at radius 1 is 1.42 bits per heavy atom. The number of nitrogens with two attached hydrogens (primary N) is 1. The average Bonchev–Trinajstić information content (AvgIpc) is 3.28. The van der Waals surface area contributed by atoms with Crippen molar-refractivity contribution in [3.63, 3.8) is 0 Å². The first kappa shape index (κ1) is 21.5. The van der Waals surface area contributed by atoms with E-state index in [4.69, 9.17) is 10.8 Å². The van der Waals surface area contributed by atoms with Crippen LogP contribution in [0.4, 0.5) is 19.3 Å². The van der Waals surface area contributed by atoms with Crippen LogP contribution in [-0.4, -0.2) is 40.6 Å². The van der Waals surface area contributed by atoms with E-state index in [2.05, 4.69) is 18.6 Å². The molecule has 0 amide bonds. The highest BCUT2D eigenvalue weighted by Gasteiger charge is 2.44. The molecule has 2 aliphatic rings. The van der Waals surface area contributed by atoms with E-state index in [1.807, 2.05) is 11.8 Å². The van der Waals surface area contributed by atoms with Gasteiger partial charge < -0.3 is 25.0 Å². The van der Waals surface area contributed by atoms with Gasteiger partial charge in [-0.15, -0.1) is 0 Å². The molecule has 1 saturated heterocycles. The first-order valence-electron chi connectivity index (χ1n) is 10.4. The Morgan fingerprint density at radius 3 is 2.58 bits per heavy atom. The number of carbonyl (C=O) groups is 1. The lowest BCUT2D eigenvalue weighted by Gasteiger charge is -2.28. The number of ether oxygens (including phenoxy) is 1. The highest BCUT2D eigenvalue weighted by atomic mass is 19.1. The highest BCUT2D eigenvalue weighted by Crippen LogP contribution is 2.44. The zero-order chi connectivity index (χ0) is 22.8. The third kappa shape index (κ3) is 3.54. The number of rotatable bonds is 4. The second-order valence-corrected chi connectivity index (χ2v) is 9.38. The predicted molar refractivity (Wildman–Crippen MR) is 113 cm³/mol. The zero-order valence-electron chi connectivity index (χ0n) is 18.0. The highest BCUT2D eigenvalue weighted by molar-refractivity contribution is 5.89. The summed E-state index contributed by atoms with van der Waals surface area (Å²) in [7, 11) is 0. The van der Waals surface area contributed by atoms with E-state index in [-0.39, 0.29) is 17.7 Å². The summed E-state index contributed by atoms with van der Waals surface area (Å²) in [6.07, 6.45) is -1.34. The quantitative estimate of drug-likeness (QED) is 0.713. The first-order chi connectivity index (χ1) is 14.4. The number of aromatic nitrogens is 1. The third-order valence-corrected chi connectivity index (χ3v) is 6.60. The fourth-order valence-electron chi connectivity index (χ4n) is 5.08. The van der Waals surface area contributed by atoms with Crippen LogP contribution >= 0.6 is 0 Å². The lowest BCUT2D eigenvalue weighted by molar-refractivity contribution is 0.143. The average molecular weight is 435 g/mol. The van der Waals surface area contributed by atoms with E-state index in [0.717, 1.165) is 6.07 Å². The maximum atomic E-state index is 15.3. The van der Waals surface area contributed by atoms with Crippen LogP contribution in [0.5, 0.6) is 5.75 Å². The summed E-state index contributed by atoms with van der Waals surface area (Å²) in [6.45, 7) is 8.82. The Hall–Kier alpha value is -2.68. The Labute approximate surface area is 178 Å². The maximum Gasteiger partial charge on any atom is 0.511 e. The summed E-state index contributed by atoms with van der Waals surface area (Å²) in [5.74, 6) is -0.624. The van der Waals surface area contributed by atoms with Gasteiger partial charge in [0, 0.05) is 25.0 Å². The number of halogens is 2. The fourth-order valence-corrected chi connectivity index (χ4v) is 5.08. The van der Waals surface area contributed by atoms with Crippen molar-refractivity contribution < 1.29 is 23.4 Å². The number of benzene rings is 1. The minimum atomic E-state index is -1.66. The van der Waals surface area contributed by atoms with Crippen LogP contribution in [0.25, 0.3) is 10.9 Å². The maximum absolute atomic E-state index is 15.3. The molecule has 1 aromatic heterocycles. The van der Waals surface area contributed by atoms with Gasteiger partial charge in [-0.3, -0.25) is 4.79 Å². The third-order valence-electron chi connectivity index (χ3n) is 6.60. The molecular formula is C22H27F2N3O4. The van der Waals surface area contributed by atoms with Crippen molar-refractivity contribution >= 4 is 22.7 Å². The molecule has 1 saturated carbocycles. The molecule has 0 bridgehead atoms. The molecule has 31 heavy (non-hydrogen) atoms. The number of fused-ring (bicyclic) bond motifs is 1. The number of hydrogen-bond donors (Lipinski definition) is 2. The molecular weight excluding hydrogens is 408 g/mol. The molecule has 168 valence electrons. The van der Waals surface area contributed by atoms with Crippen molar-refractivity contribution in [3.05, 3.63) is 33.9 Å². The fraction of sp³-hybridized carbons (Fsp3) is 0.545. The summed E-state index contributed by atoms with van der Waals surface area (Å²) in [5.41, 5.74) is 6.48. The monoisotopic (exact) mass is 435 g/mol. The predicted octanol–water partition coefficient (Wildman–Crippen LogP) is 3.60. The van der Waals surface area contributed by atoms with Gasteiger partial charge in [0.15, 0.2) is 5.75 Å². The summed E-state index contributed by atoms with van der Waals surface area (Å²) in [4.78, 5) is 25.7. The van der Waals surface area contributed by atoms with E-state index in [0.29, 0.717) is 35.8 Å². The molecule has 0 radical (unpaired) electrons. The molecule has 4 atom stereocenters. The number of aryl methyl sites for hydroxylation is 1. The molecule has 1 aliphatic heterocycles. The van der Waals surface area contributed by atoms with Crippen LogP contribution in [0, 0.1) is 24.6 Å². The second-order valence-electron chi connectivity index (χ2n) is 9.38. The van der Waals surface area contributed by atoms with Crippen molar-refractivity contribution in [3.8, 4) is 5.75 Å². The van der Waals surface area contributed by atoms with Gasteiger partial charge in [0.05, 0.1) is 28.8 Å². The van der Waals surface area contributed by atoms with E-state index in [1.54, 1.807) is 6.92 Å². The van der Waals surface area contributed by atoms with Crippen LogP contribution < -0.4 is 20.8 Å². The van der Waals surface area contributed by atoms with Crippen molar-refractivity contribution in [2.24, 2.45) is 17.6 Å². The summed E-state index contributed by atoms with van der Waals surface area (Å²) in [6, 6.07) is 0.537. The van der Waals surface area contributed by atoms with E-state index in [1.165, 1.54) is 10.8 Å². The lowest BCUT2D eigenvalue weighted by atomic mass is 9.82. The number of carboxylic acid groups (broad SMARTS) is 1. The normalized spacial score (nSPS) is 27.9. The lowest BCUT2D eigenvalue weighted by Crippen LogP contribution is -2.46. The minimum absolute atomic E-state index is 0.0354. The first-order valence-corrected chi connectivity index (χ1v) is 10.4. The molecule has 0 spiro atoms. The number of anilines is 1. The largest absolute Gasteiger partial charge is 0.511 e. The van der Waals surface area contributed by atoms with Crippen LogP contribution in [0.15, 0.2) is 17.1 Å². The molecule has 7 nitrogen and oxygen atoms in total. The molecule has 9 heteroatoms. The van der Waals surface area contributed by atoms with Gasteiger partial charge in [-0.25, -0.2) is 13.6 Å². The van der Waals surface area contributed by atoms with Crippen LogP contribution in [0.2, 0.25) is 0 Å². The Kier molecular flexibility index (Phi) is 4.99.